The molecule has 0 saturated carbocycles. The molecule has 1 rings (SSSR count). The summed E-state index contributed by atoms with van der Waals surface area (Å²) in [7, 11) is 0. The van der Waals surface area contributed by atoms with Crippen molar-refractivity contribution in [2.45, 2.75) is 18.2 Å². The van der Waals surface area contributed by atoms with Gasteiger partial charge in [-0.05, 0) is 25.0 Å². The molecule has 1 aromatic rings. The van der Waals surface area contributed by atoms with Crippen LogP contribution < -0.4 is 0 Å². The Morgan fingerprint density at radius 1 is 1.41 bits per heavy atom. The smallest absolute Gasteiger partial charge is 0.335 e. The van der Waals surface area contributed by atoms with Crippen molar-refractivity contribution in [2.75, 3.05) is 6.61 Å². The molecule has 0 spiro atoms. The van der Waals surface area contributed by atoms with Crippen LogP contribution in [0.1, 0.15) is 22.8 Å². The lowest BCUT2D eigenvalue weighted by molar-refractivity contribution is -0.142. The van der Waals surface area contributed by atoms with Crippen molar-refractivity contribution in [3.63, 3.8) is 0 Å². The Hall–Kier alpha value is -1.36. The van der Waals surface area contributed by atoms with Crippen LogP contribution in [-0.2, 0) is 16.0 Å². The van der Waals surface area contributed by atoms with E-state index < -0.39 is 10.8 Å². The van der Waals surface area contributed by atoms with E-state index in [1.807, 2.05) is 0 Å². The number of carbonyl (C=O) groups is 2. The average molecular weight is 301 g/mol. The largest absolute Gasteiger partial charge is 0.478 e. The highest BCUT2D eigenvalue weighted by atomic mass is 79.9. The Morgan fingerprint density at radius 3 is 2.65 bits per heavy atom. The fourth-order valence-corrected chi connectivity index (χ4v) is 1.90. The van der Waals surface area contributed by atoms with Gasteiger partial charge in [-0.2, -0.15) is 0 Å². The molecule has 17 heavy (non-hydrogen) atoms. The fraction of sp³-hybridized carbons (Fsp3) is 0.333. The molecule has 1 atom stereocenters. The summed E-state index contributed by atoms with van der Waals surface area (Å²) >= 11 is 3.20. The summed E-state index contributed by atoms with van der Waals surface area (Å²) in [6.07, 6.45) is 0.293. The van der Waals surface area contributed by atoms with Gasteiger partial charge in [-0.3, -0.25) is 4.79 Å². The normalized spacial score (nSPS) is 11.9. The molecule has 0 amide bonds. The highest BCUT2D eigenvalue weighted by Crippen LogP contribution is 2.16. The average Bonchev–Trinajstić information content (AvgIpc) is 2.29. The van der Waals surface area contributed by atoms with Gasteiger partial charge in [0.2, 0.25) is 0 Å². The Labute approximate surface area is 108 Å². The van der Waals surface area contributed by atoms with Gasteiger partial charge in [-0.15, -0.1) is 0 Å². The minimum atomic E-state index is -0.996. The monoisotopic (exact) mass is 300 g/mol. The quantitative estimate of drug-likeness (QED) is 0.669. The van der Waals surface area contributed by atoms with E-state index >= 15 is 0 Å². The number of carboxylic acids is 1. The molecule has 0 aliphatic carbocycles. The summed E-state index contributed by atoms with van der Waals surface area (Å²) in [6, 6.07) is 6.60. The van der Waals surface area contributed by atoms with E-state index in [2.05, 4.69) is 15.9 Å². The molecular weight excluding hydrogens is 288 g/mol. The van der Waals surface area contributed by atoms with E-state index in [0.29, 0.717) is 18.6 Å². The number of halogens is 1. The van der Waals surface area contributed by atoms with Crippen LogP contribution in [0.15, 0.2) is 24.3 Å². The number of esters is 1. The molecule has 0 fully saturated rings. The molecule has 1 aromatic carbocycles. The van der Waals surface area contributed by atoms with Crippen molar-refractivity contribution in [1.29, 1.82) is 0 Å². The Kier molecular flexibility index (Phi) is 5.15. The predicted molar refractivity (Wildman–Crippen MR) is 66.5 cm³/mol. The second-order valence-electron chi connectivity index (χ2n) is 3.39. The van der Waals surface area contributed by atoms with Gasteiger partial charge < -0.3 is 9.84 Å². The maximum atomic E-state index is 11.4. The zero-order valence-corrected chi connectivity index (χ0v) is 10.9. The fourth-order valence-electron chi connectivity index (χ4n) is 1.42. The lowest BCUT2D eigenvalue weighted by Crippen LogP contribution is -2.20. The van der Waals surface area contributed by atoms with Crippen LogP contribution in [0.5, 0.6) is 0 Å². The lowest BCUT2D eigenvalue weighted by atomic mass is 10.0. The van der Waals surface area contributed by atoms with E-state index in [1.54, 1.807) is 25.1 Å². The summed E-state index contributed by atoms with van der Waals surface area (Å²) in [5, 5.41) is 8.99. The molecule has 1 unspecified atom stereocenters. The molecular formula is C12H13BrO4. The topological polar surface area (TPSA) is 63.6 Å². The number of aromatic carboxylic acids is 1. The SMILES string of the molecule is CCOC(=O)C(Br)Cc1ccccc1C(=O)O. The summed E-state index contributed by atoms with van der Waals surface area (Å²) in [6.45, 7) is 2.03. The number of alkyl halides is 1. The van der Waals surface area contributed by atoms with E-state index in [4.69, 9.17) is 9.84 Å². The van der Waals surface area contributed by atoms with Crippen LogP contribution in [0.2, 0.25) is 0 Å². The molecule has 0 aliphatic rings. The number of carbonyl (C=O) groups excluding carboxylic acids is 1. The van der Waals surface area contributed by atoms with Crippen molar-refractivity contribution < 1.29 is 19.4 Å². The summed E-state index contributed by atoms with van der Waals surface area (Å²) in [5.74, 6) is -1.38. The molecule has 5 heteroatoms. The van der Waals surface area contributed by atoms with Crippen molar-refractivity contribution >= 4 is 27.9 Å². The molecule has 1 N–H and O–H groups in total. The van der Waals surface area contributed by atoms with Crippen LogP contribution in [-0.4, -0.2) is 28.5 Å². The third-order valence-corrected chi connectivity index (χ3v) is 2.89. The minimum Gasteiger partial charge on any atom is -0.478 e. The molecule has 0 aromatic heterocycles. The molecule has 0 heterocycles. The van der Waals surface area contributed by atoms with E-state index in [1.165, 1.54) is 6.07 Å². The summed E-state index contributed by atoms with van der Waals surface area (Å²) in [5.41, 5.74) is 0.816. The molecule has 0 saturated heterocycles. The van der Waals surface area contributed by atoms with Crippen molar-refractivity contribution in [1.82, 2.24) is 0 Å². The first-order chi connectivity index (χ1) is 8.06. The number of rotatable bonds is 5. The second kappa shape index (κ2) is 6.39. The molecule has 92 valence electrons. The molecule has 0 aliphatic heterocycles. The van der Waals surface area contributed by atoms with Crippen LogP contribution >= 0.6 is 15.9 Å². The van der Waals surface area contributed by atoms with E-state index in [-0.39, 0.29) is 11.5 Å². The van der Waals surface area contributed by atoms with Crippen LogP contribution in [0.3, 0.4) is 0 Å². The first kappa shape index (κ1) is 13.7. The minimum absolute atomic E-state index is 0.209. The Bertz CT molecular complexity index is 417. The van der Waals surface area contributed by atoms with Gasteiger partial charge >= 0.3 is 11.9 Å². The zero-order chi connectivity index (χ0) is 12.8. The van der Waals surface area contributed by atoms with Crippen LogP contribution in [0.4, 0.5) is 0 Å². The van der Waals surface area contributed by atoms with Gasteiger partial charge in [-0.1, -0.05) is 34.1 Å². The number of ether oxygens (including phenoxy) is 1. The number of hydrogen-bond donors (Lipinski definition) is 1. The molecule has 0 bridgehead atoms. The van der Waals surface area contributed by atoms with Crippen molar-refractivity contribution in [2.24, 2.45) is 0 Å². The van der Waals surface area contributed by atoms with Crippen molar-refractivity contribution in [3.05, 3.63) is 35.4 Å². The maximum Gasteiger partial charge on any atom is 0.335 e. The van der Waals surface area contributed by atoms with E-state index in [9.17, 15) is 9.59 Å². The zero-order valence-electron chi connectivity index (χ0n) is 9.35. The molecule has 0 radical (unpaired) electrons. The Morgan fingerprint density at radius 2 is 2.06 bits per heavy atom. The maximum absolute atomic E-state index is 11.4. The van der Waals surface area contributed by atoms with Crippen LogP contribution in [0, 0.1) is 0 Å². The molecule has 4 nitrogen and oxygen atoms in total. The van der Waals surface area contributed by atoms with E-state index in [0.717, 1.165) is 0 Å². The van der Waals surface area contributed by atoms with Gasteiger partial charge in [0.05, 0.1) is 12.2 Å². The predicted octanol–water partition coefficient (Wildman–Crippen LogP) is 2.25. The third-order valence-electron chi connectivity index (χ3n) is 2.19. The first-order valence-electron chi connectivity index (χ1n) is 5.18. The van der Waals surface area contributed by atoms with Gasteiger partial charge in [0.1, 0.15) is 4.83 Å². The van der Waals surface area contributed by atoms with Crippen molar-refractivity contribution in [3.8, 4) is 0 Å². The first-order valence-corrected chi connectivity index (χ1v) is 6.09. The number of benzene rings is 1. The third kappa shape index (κ3) is 3.85. The van der Waals surface area contributed by atoms with Gasteiger partial charge in [-0.25, -0.2) is 4.79 Å². The Balaban J connectivity index is 2.81. The highest BCUT2D eigenvalue weighted by Gasteiger charge is 2.19. The number of carboxylic acid groups (broad SMARTS) is 1. The van der Waals surface area contributed by atoms with Gasteiger partial charge in [0.15, 0.2) is 0 Å². The standard InChI is InChI=1S/C12H13BrO4/c1-2-17-12(16)10(13)7-8-5-3-4-6-9(8)11(14)15/h3-6,10H,2,7H2,1H3,(H,14,15). The van der Waals surface area contributed by atoms with Gasteiger partial charge in [0, 0.05) is 0 Å². The van der Waals surface area contributed by atoms with Gasteiger partial charge in [0.25, 0.3) is 0 Å². The highest BCUT2D eigenvalue weighted by molar-refractivity contribution is 9.10. The van der Waals surface area contributed by atoms with Crippen LogP contribution in [0.25, 0.3) is 0 Å². The second-order valence-corrected chi connectivity index (χ2v) is 4.49. The summed E-state index contributed by atoms with van der Waals surface area (Å²) in [4.78, 5) is 21.9. The number of hydrogen-bond acceptors (Lipinski definition) is 3. The summed E-state index contributed by atoms with van der Waals surface area (Å²) < 4.78 is 4.84. The lowest BCUT2D eigenvalue weighted by Gasteiger charge is -2.10.